The van der Waals surface area contributed by atoms with Crippen LogP contribution in [0, 0.1) is 0 Å². The molecule has 1 aromatic carbocycles. The highest BCUT2D eigenvalue weighted by Crippen LogP contribution is 2.13. The summed E-state index contributed by atoms with van der Waals surface area (Å²) >= 11 is 1.79. The summed E-state index contributed by atoms with van der Waals surface area (Å²) in [5.74, 6) is 0. The van der Waals surface area contributed by atoms with Crippen LogP contribution < -0.4 is 5.48 Å². The molecule has 1 N–H and O–H groups in total. The van der Waals surface area contributed by atoms with Crippen molar-refractivity contribution in [3.8, 4) is 0 Å². The second kappa shape index (κ2) is 6.70. The lowest BCUT2D eigenvalue weighted by atomic mass is 10.3. The van der Waals surface area contributed by atoms with Crippen LogP contribution in [0.1, 0.15) is 4.88 Å². The van der Waals surface area contributed by atoms with E-state index in [-0.39, 0.29) is 0 Å². The van der Waals surface area contributed by atoms with Gasteiger partial charge in [-0.05, 0) is 43.1 Å². The summed E-state index contributed by atoms with van der Waals surface area (Å²) in [6.07, 6.45) is 3.20. The predicted molar refractivity (Wildman–Crippen MR) is 85.8 cm³/mol. The van der Waals surface area contributed by atoms with Gasteiger partial charge in [0.2, 0.25) is 8.32 Å². The molecule has 1 aromatic heterocycles. The van der Waals surface area contributed by atoms with Gasteiger partial charge in [0.05, 0.1) is 5.69 Å². The lowest BCUT2D eigenvalue weighted by Gasteiger charge is -2.19. The number of hydrogen-bond donors (Lipinski definition) is 1. The van der Waals surface area contributed by atoms with Crippen molar-refractivity contribution in [2.75, 3.05) is 5.48 Å². The highest BCUT2D eigenvalue weighted by molar-refractivity contribution is 7.09. The molecule has 0 aliphatic carbocycles. The summed E-state index contributed by atoms with van der Waals surface area (Å²) < 4.78 is 5.84. The first-order valence-electron chi connectivity index (χ1n) is 6.35. The first-order valence-corrected chi connectivity index (χ1v) is 10.2. The highest BCUT2D eigenvalue weighted by Gasteiger charge is 2.19. The van der Waals surface area contributed by atoms with Gasteiger partial charge in [-0.15, -0.1) is 11.3 Å². The van der Waals surface area contributed by atoms with Crippen LogP contribution in [0.3, 0.4) is 0 Å². The third-order valence-electron chi connectivity index (χ3n) is 2.62. The van der Waals surface area contributed by atoms with E-state index in [0.717, 1.165) is 12.1 Å². The third kappa shape index (κ3) is 5.02. The molecule has 0 radical (unpaired) electrons. The molecule has 2 nitrogen and oxygen atoms in total. The molecule has 1 heterocycles. The highest BCUT2D eigenvalue weighted by atomic mass is 32.1. The fourth-order valence-electron chi connectivity index (χ4n) is 1.62. The van der Waals surface area contributed by atoms with E-state index in [1.54, 1.807) is 11.3 Å². The van der Waals surface area contributed by atoms with Gasteiger partial charge < -0.3 is 4.53 Å². The van der Waals surface area contributed by atoms with Crippen LogP contribution in [0.5, 0.6) is 0 Å². The minimum absolute atomic E-state index is 0.989. The summed E-state index contributed by atoms with van der Waals surface area (Å²) in [7, 11) is -1.81. The van der Waals surface area contributed by atoms with E-state index >= 15 is 0 Å². The zero-order valence-electron chi connectivity index (χ0n) is 11.3. The summed E-state index contributed by atoms with van der Waals surface area (Å²) in [6, 6.07) is 14.2. The van der Waals surface area contributed by atoms with Crippen LogP contribution in [0.4, 0.5) is 5.69 Å². The summed E-state index contributed by atoms with van der Waals surface area (Å²) in [4.78, 5) is 1.39. The predicted octanol–water partition coefficient (Wildman–Crippen LogP) is 4.63. The maximum absolute atomic E-state index is 5.84. The van der Waals surface area contributed by atoms with Gasteiger partial charge in [-0.2, -0.15) is 0 Å². The summed E-state index contributed by atoms with van der Waals surface area (Å²) in [5.41, 5.74) is 6.26. The van der Waals surface area contributed by atoms with Gasteiger partial charge in [0.1, 0.15) is 0 Å². The zero-order chi connectivity index (χ0) is 13.6. The molecule has 2 aromatic rings. The quantitative estimate of drug-likeness (QED) is 0.618. The Morgan fingerprint density at radius 3 is 2.63 bits per heavy atom. The molecule has 4 heteroatoms. The number of para-hydroxylation sites is 1. The van der Waals surface area contributed by atoms with E-state index in [4.69, 9.17) is 4.53 Å². The van der Waals surface area contributed by atoms with E-state index < -0.39 is 8.32 Å². The Bertz CT molecular complexity index is 508. The maximum Gasteiger partial charge on any atom is 0.246 e. The van der Waals surface area contributed by atoms with Gasteiger partial charge in [-0.25, -0.2) is 0 Å². The SMILES string of the molecule is C[Si](C)(/C=C/Cc1cccs1)ONc1ccccc1. The molecule has 0 fully saturated rings. The van der Waals surface area contributed by atoms with Gasteiger partial charge in [-0.1, -0.05) is 36.0 Å². The Morgan fingerprint density at radius 2 is 1.95 bits per heavy atom. The van der Waals surface area contributed by atoms with Crippen molar-refractivity contribution in [1.82, 2.24) is 0 Å². The standard InChI is InChI=1S/C15H19NOSSi/c1-19(2,13-7-11-15-10-6-12-18-15)17-16-14-8-4-3-5-9-14/h3-10,12-13,16H,11H2,1-2H3/b13-7+. The molecular weight excluding hydrogens is 270 g/mol. The van der Waals surface area contributed by atoms with Crippen LogP contribution in [-0.2, 0) is 10.9 Å². The Hall–Kier alpha value is -1.36. The Labute approximate surface area is 119 Å². The molecule has 0 bridgehead atoms. The molecule has 0 spiro atoms. The zero-order valence-corrected chi connectivity index (χ0v) is 13.1. The molecule has 0 saturated carbocycles. The van der Waals surface area contributed by atoms with E-state index in [0.29, 0.717) is 0 Å². The van der Waals surface area contributed by atoms with Crippen molar-refractivity contribution in [3.63, 3.8) is 0 Å². The maximum atomic E-state index is 5.84. The third-order valence-corrected chi connectivity index (χ3v) is 5.19. The van der Waals surface area contributed by atoms with E-state index in [1.807, 2.05) is 30.3 Å². The smallest absolute Gasteiger partial charge is 0.246 e. The van der Waals surface area contributed by atoms with Crippen LogP contribution in [0.2, 0.25) is 13.1 Å². The van der Waals surface area contributed by atoms with Crippen LogP contribution in [-0.4, -0.2) is 8.32 Å². The molecule has 0 unspecified atom stereocenters. The molecule has 0 atom stereocenters. The van der Waals surface area contributed by atoms with Crippen molar-refractivity contribution < 1.29 is 4.53 Å². The number of rotatable bonds is 6. The van der Waals surface area contributed by atoms with Gasteiger partial charge >= 0.3 is 0 Å². The summed E-state index contributed by atoms with van der Waals surface area (Å²) in [5, 5.41) is 2.11. The molecule has 0 amide bonds. The van der Waals surface area contributed by atoms with Crippen molar-refractivity contribution >= 4 is 25.3 Å². The minimum Gasteiger partial charge on any atom is -0.318 e. The van der Waals surface area contributed by atoms with E-state index in [1.165, 1.54) is 4.88 Å². The number of nitrogens with one attached hydrogen (secondary N) is 1. The van der Waals surface area contributed by atoms with Crippen molar-refractivity contribution in [1.29, 1.82) is 0 Å². The average molecular weight is 289 g/mol. The molecular formula is C15H19NOSSi. The van der Waals surface area contributed by atoms with Crippen LogP contribution >= 0.6 is 11.3 Å². The normalized spacial score (nSPS) is 11.9. The average Bonchev–Trinajstić information content (AvgIpc) is 2.91. The first-order chi connectivity index (χ1) is 9.16. The Morgan fingerprint density at radius 1 is 1.16 bits per heavy atom. The summed E-state index contributed by atoms with van der Waals surface area (Å²) in [6.45, 7) is 4.35. The lowest BCUT2D eigenvalue weighted by molar-refractivity contribution is 0.405. The van der Waals surface area contributed by atoms with Crippen LogP contribution in [0.15, 0.2) is 59.6 Å². The van der Waals surface area contributed by atoms with Gasteiger partial charge in [-0.3, -0.25) is 5.48 Å². The second-order valence-electron chi connectivity index (χ2n) is 4.86. The van der Waals surface area contributed by atoms with E-state index in [9.17, 15) is 0 Å². The molecule has 0 aliphatic heterocycles. The number of anilines is 1. The molecule has 0 aliphatic rings. The fourth-order valence-corrected chi connectivity index (χ4v) is 3.43. The number of allylic oxidation sites excluding steroid dienone is 1. The van der Waals surface area contributed by atoms with Crippen LogP contribution in [0.25, 0.3) is 0 Å². The molecule has 2 rings (SSSR count). The minimum atomic E-state index is -1.81. The van der Waals surface area contributed by atoms with Crippen molar-refractivity contribution in [2.45, 2.75) is 19.5 Å². The van der Waals surface area contributed by atoms with Gasteiger partial charge in [0, 0.05) is 4.88 Å². The molecule has 0 saturated heterocycles. The number of benzene rings is 1. The number of thiophene rings is 1. The monoisotopic (exact) mass is 289 g/mol. The van der Waals surface area contributed by atoms with Gasteiger partial charge in [0.25, 0.3) is 0 Å². The second-order valence-corrected chi connectivity index (χ2v) is 9.64. The Kier molecular flexibility index (Phi) is 4.96. The number of hydrogen-bond acceptors (Lipinski definition) is 3. The lowest BCUT2D eigenvalue weighted by Crippen LogP contribution is -2.30. The fraction of sp³-hybridized carbons (Fsp3) is 0.200. The van der Waals surface area contributed by atoms with Crippen molar-refractivity contribution in [2.24, 2.45) is 0 Å². The Balaban J connectivity index is 1.82. The largest absolute Gasteiger partial charge is 0.318 e. The van der Waals surface area contributed by atoms with Crippen molar-refractivity contribution in [3.05, 3.63) is 64.5 Å². The topological polar surface area (TPSA) is 21.3 Å². The van der Waals surface area contributed by atoms with Gasteiger partial charge in [0.15, 0.2) is 0 Å². The molecule has 100 valence electrons. The first kappa shape index (κ1) is 14.1. The van der Waals surface area contributed by atoms with E-state index in [2.05, 4.69) is 47.9 Å². The molecule has 19 heavy (non-hydrogen) atoms.